The Bertz CT molecular complexity index is 1330. The molecule has 2 aliphatic carbocycles. The van der Waals surface area contributed by atoms with Crippen LogP contribution in [0.3, 0.4) is 0 Å². The van der Waals surface area contributed by atoms with E-state index in [2.05, 4.69) is 13.8 Å². The molecule has 0 saturated carbocycles. The lowest BCUT2D eigenvalue weighted by Crippen LogP contribution is -2.33. The number of rotatable bonds is 3. The number of phenolic OH excluding ortho intramolecular Hbond substituents is 1. The van der Waals surface area contributed by atoms with E-state index in [0.29, 0.717) is 40.0 Å². The molecule has 0 radical (unpaired) electrons. The average Bonchev–Trinajstić information content (AvgIpc) is 3.17. The summed E-state index contributed by atoms with van der Waals surface area (Å²) in [6.07, 6.45) is 1.99. The van der Waals surface area contributed by atoms with Crippen LogP contribution in [0.25, 0.3) is 11.3 Å². The number of hydrogen-bond donors (Lipinski definition) is 1. The standard InChI is InChI=1S/C27H24O6/c1-14-13-32-26-16-8-9-17-23(22(16)25(31)24(30)21(14)26)19(10-11-27(17,2)3)33-20(29)12-15-6-4-5-7-18(15)28/h4-9,13,19,28H,10-12H2,1-3H3. The van der Waals surface area contributed by atoms with Crippen molar-refractivity contribution in [3.63, 3.8) is 0 Å². The topological polar surface area (TPSA) is 93.8 Å². The lowest BCUT2D eigenvalue weighted by atomic mass is 9.68. The Balaban J connectivity index is 1.60. The molecule has 33 heavy (non-hydrogen) atoms. The molecule has 1 atom stereocenters. The van der Waals surface area contributed by atoms with Gasteiger partial charge in [0.15, 0.2) is 0 Å². The first-order valence-electron chi connectivity index (χ1n) is 11.0. The number of benzene rings is 2. The second-order valence-corrected chi connectivity index (χ2v) is 9.44. The molecule has 168 valence electrons. The van der Waals surface area contributed by atoms with Gasteiger partial charge in [0.05, 0.1) is 18.2 Å². The van der Waals surface area contributed by atoms with Crippen LogP contribution in [0, 0.1) is 6.92 Å². The minimum Gasteiger partial charge on any atom is -0.508 e. The summed E-state index contributed by atoms with van der Waals surface area (Å²) in [7, 11) is 0. The summed E-state index contributed by atoms with van der Waals surface area (Å²) in [6.45, 7) is 5.90. The molecule has 1 heterocycles. The number of ketones is 2. The van der Waals surface area contributed by atoms with E-state index in [4.69, 9.17) is 9.15 Å². The fourth-order valence-corrected chi connectivity index (χ4v) is 5.03. The monoisotopic (exact) mass is 444 g/mol. The molecule has 0 fully saturated rings. The second-order valence-electron chi connectivity index (χ2n) is 9.44. The average molecular weight is 444 g/mol. The summed E-state index contributed by atoms with van der Waals surface area (Å²) in [4.78, 5) is 39.1. The third-order valence-electron chi connectivity index (χ3n) is 6.81. The van der Waals surface area contributed by atoms with E-state index < -0.39 is 23.6 Å². The molecule has 6 heteroatoms. The van der Waals surface area contributed by atoms with Crippen LogP contribution in [-0.2, 0) is 21.4 Å². The van der Waals surface area contributed by atoms with Gasteiger partial charge in [0.2, 0.25) is 11.6 Å². The van der Waals surface area contributed by atoms with Gasteiger partial charge in [-0.1, -0.05) is 44.2 Å². The lowest BCUT2D eigenvalue weighted by Gasteiger charge is -2.38. The van der Waals surface area contributed by atoms with Crippen molar-refractivity contribution < 1.29 is 28.6 Å². The number of Topliss-reactive ketones (excluding diaryl/α,β-unsaturated/α-hetero) is 2. The fraction of sp³-hybridized carbons (Fsp3) is 0.296. The number of fused-ring (bicyclic) bond motifs is 5. The summed E-state index contributed by atoms with van der Waals surface area (Å²) in [6, 6.07) is 10.4. The van der Waals surface area contributed by atoms with Crippen molar-refractivity contribution >= 4 is 17.5 Å². The zero-order valence-electron chi connectivity index (χ0n) is 18.7. The first-order valence-corrected chi connectivity index (χ1v) is 11.0. The minimum atomic E-state index is -0.671. The molecule has 5 rings (SSSR count). The molecule has 0 aliphatic heterocycles. The van der Waals surface area contributed by atoms with Gasteiger partial charge >= 0.3 is 5.97 Å². The molecule has 0 spiro atoms. The lowest BCUT2D eigenvalue weighted by molar-refractivity contribution is -0.149. The van der Waals surface area contributed by atoms with Crippen LogP contribution in [0.1, 0.15) is 75.8 Å². The maximum Gasteiger partial charge on any atom is 0.311 e. The van der Waals surface area contributed by atoms with E-state index in [0.717, 1.165) is 12.0 Å². The zero-order valence-corrected chi connectivity index (χ0v) is 18.7. The zero-order chi connectivity index (χ0) is 23.5. The summed E-state index contributed by atoms with van der Waals surface area (Å²) in [5.74, 6) is -1.29. The highest BCUT2D eigenvalue weighted by Crippen LogP contribution is 2.49. The number of esters is 1. The van der Waals surface area contributed by atoms with Crippen molar-refractivity contribution in [3.8, 4) is 17.1 Å². The quantitative estimate of drug-likeness (QED) is 0.439. The number of carbonyl (C=O) groups excluding carboxylic acids is 3. The van der Waals surface area contributed by atoms with Gasteiger partial charge < -0.3 is 14.3 Å². The number of furan rings is 1. The van der Waals surface area contributed by atoms with Crippen molar-refractivity contribution in [2.24, 2.45) is 0 Å². The van der Waals surface area contributed by atoms with Gasteiger partial charge in [-0.15, -0.1) is 0 Å². The fourth-order valence-electron chi connectivity index (χ4n) is 5.03. The predicted octanol–water partition coefficient (Wildman–Crippen LogP) is 5.24. The molecule has 6 nitrogen and oxygen atoms in total. The summed E-state index contributed by atoms with van der Waals surface area (Å²) in [5.41, 5.74) is 3.44. The third-order valence-corrected chi connectivity index (χ3v) is 6.81. The molecule has 1 N–H and O–H groups in total. The Hall–Kier alpha value is -3.67. The summed E-state index contributed by atoms with van der Waals surface area (Å²) in [5, 5.41) is 10.0. The van der Waals surface area contributed by atoms with Crippen LogP contribution in [0.15, 0.2) is 47.1 Å². The number of aryl methyl sites for hydroxylation is 1. The Labute approximate surface area is 191 Å². The Kier molecular flexibility index (Phi) is 4.78. The molecule has 0 bridgehead atoms. The Morgan fingerprint density at radius 3 is 2.61 bits per heavy atom. The van der Waals surface area contributed by atoms with E-state index in [1.54, 1.807) is 25.1 Å². The van der Waals surface area contributed by atoms with E-state index in [1.807, 2.05) is 12.1 Å². The SMILES string of the molecule is Cc1coc2c1C(=O)C(=O)c1c-2ccc2c1C(OC(=O)Cc1ccccc1O)CCC2(C)C. The first-order chi connectivity index (χ1) is 15.7. The number of carbonyl (C=O) groups is 3. The third kappa shape index (κ3) is 3.28. The van der Waals surface area contributed by atoms with E-state index in [9.17, 15) is 19.5 Å². The highest BCUT2D eigenvalue weighted by Gasteiger charge is 2.43. The molecule has 3 aromatic rings. The first kappa shape index (κ1) is 21.2. The summed E-state index contributed by atoms with van der Waals surface area (Å²) >= 11 is 0. The molecule has 2 aliphatic rings. The predicted molar refractivity (Wildman–Crippen MR) is 120 cm³/mol. The van der Waals surface area contributed by atoms with E-state index in [-0.39, 0.29) is 23.1 Å². The van der Waals surface area contributed by atoms with Crippen molar-refractivity contribution in [1.82, 2.24) is 0 Å². The molecule has 2 aromatic carbocycles. The van der Waals surface area contributed by atoms with Crippen LogP contribution in [0.4, 0.5) is 0 Å². The van der Waals surface area contributed by atoms with Gasteiger partial charge in [-0.25, -0.2) is 0 Å². The maximum atomic E-state index is 13.3. The van der Waals surface area contributed by atoms with Crippen LogP contribution in [0.5, 0.6) is 5.75 Å². The molecular weight excluding hydrogens is 420 g/mol. The van der Waals surface area contributed by atoms with Crippen LogP contribution < -0.4 is 0 Å². The summed E-state index contributed by atoms with van der Waals surface area (Å²) < 4.78 is 11.5. The van der Waals surface area contributed by atoms with Crippen molar-refractivity contribution in [2.45, 2.75) is 51.6 Å². The number of hydrogen-bond acceptors (Lipinski definition) is 6. The van der Waals surface area contributed by atoms with Crippen LogP contribution in [0.2, 0.25) is 0 Å². The van der Waals surface area contributed by atoms with Gasteiger partial charge in [0.1, 0.15) is 17.6 Å². The molecule has 0 amide bonds. The van der Waals surface area contributed by atoms with Gasteiger partial charge in [0.25, 0.3) is 0 Å². The van der Waals surface area contributed by atoms with Gasteiger partial charge in [-0.05, 0) is 42.4 Å². The minimum absolute atomic E-state index is 0.0264. The van der Waals surface area contributed by atoms with Crippen molar-refractivity contribution in [2.75, 3.05) is 0 Å². The van der Waals surface area contributed by atoms with Crippen LogP contribution >= 0.6 is 0 Å². The smallest absolute Gasteiger partial charge is 0.311 e. The molecular formula is C27H24O6. The number of aromatic hydroxyl groups is 1. The van der Waals surface area contributed by atoms with Crippen LogP contribution in [-0.4, -0.2) is 22.6 Å². The Morgan fingerprint density at radius 2 is 1.85 bits per heavy atom. The second kappa shape index (κ2) is 7.44. The normalized spacial score (nSPS) is 18.3. The van der Waals surface area contributed by atoms with E-state index in [1.165, 1.54) is 12.3 Å². The van der Waals surface area contributed by atoms with Gasteiger partial charge in [-0.3, -0.25) is 14.4 Å². The number of ether oxygens (including phenoxy) is 1. The van der Waals surface area contributed by atoms with E-state index >= 15 is 0 Å². The van der Waals surface area contributed by atoms with Gasteiger partial charge in [-0.2, -0.15) is 0 Å². The number of phenols is 1. The largest absolute Gasteiger partial charge is 0.508 e. The van der Waals surface area contributed by atoms with Gasteiger partial charge in [0, 0.05) is 22.3 Å². The van der Waals surface area contributed by atoms with Crippen molar-refractivity contribution in [3.05, 3.63) is 76.0 Å². The number of para-hydroxylation sites is 1. The van der Waals surface area contributed by atoms with Crippen molar-refractivity contribution in [1.29, 1.82) is 0 Å². The Morgan fingerprint density at radius 1 is 1.12 bits per heavy atom. The molecule has 1 unspecified atom stereocenters. The molecule has 0 saturated heterocycles. The molecule has 1 aromatic heterocycles. The maximum absolute atomic E-state index is 13.3. The highest BCUT2D eigenvalue weighted by atomic mass is 16.5. The highest BCUT2D eigenvalue weighted by molar-refractivity contribution is 6.53.